The van der Waals surface area contributed by atoms with Crippen LogP contribution in [0.25, 0.3) is 0 Å². The molecule has 1 aromatic heterocycles. The van der Waals surface area contributed by atoms with Crippen molar-refractivity contribution in [1.82, 2.24) is 15.6 Å². The lowest BCUT2D eigenvalue weighted by Gasteiger charge is -2.17. The molecule has 0 spiro atoms. The molecule has 2 aromatic rings. The minimum absolute atomic E-state index is 0. The number of guanidine groups is 1. The molecule has 6 nitrogen and oxygen atoms in total. The molecular weight excluding hydrogens is 472 g/mol. The van der Waals surface area contributed by atoms with Crippen molar-refractivity contribution < 1.29 is 9.13 Å². The Morgan fingerprint density at radius 2 is 1.86 bits per heavy atom. The molecule has 1 atom stereocenters. The summed E-state index contributed by atoms with van der Waals surface area (Å²) in [6.07, 6.45) is 3.75. The van der Waals surface area contributed by atoms with E-state index in [1.54, 1.807) is 25.4 Å². The minimum Gasteiger partial charge on any atom is -0.489 e. The molecule has 1 aromatic carbocycles. The molecule has 0 saturated carbocycles. The van der Waals surface area contributed by atoms with Gasteiger partial charge in [0.1, 0.15) is 23.5 Å². The van der Waals surface area contributed by atoms with Gasteiger partial charge in [-0.15, -0.1) is 24.0 Å². The summed E-state index contributed by atoms with van der Waals surface area (Å²) in [5, 5.41) is 9.81. The van der Waals surface area contributed by atoms with Crippen LogP contribution in [-0.2, 0) is 0 Å². The molecule has 0 fully saturated rings. The van der Waals surface area contributed by atoms with Gasteiger partial charge >= 0.3 is 0 Å². The summed E-state index contributed by atoms with van der Waals surface area (Å²) in [5.74, 6) is 2.02. The molecule has 0 saturated heterocycles. The highest BCUT2D eigenvalue weighted by Crippen LogP contribution is 2.12. The predicted molar refractivity (Wildman–Crippen MR) is 123 cm³/mol. The highest BCUT2D eigenvalue weighted by Gasteiger charge is 2.06. The molecule has 2 rings (SSSR count). The minimum atomic E-state index is -0.270. The molecule has 3 N–H and O–H groups in total. The number of aromatic nitrogens is 1. The Labute approximate surface area is 183 Å². The van der Waals surface area contributed by atoms with Gasteiger partial charge in [-0.3, -0.25) is 4.99 Å². The number of hydrogen-bond donors (Lipinski definition) is 3. The van der Waals surface area contributed by atoms with Gasteiger partial charge in [0.25, 0.3) is 0 Å². The first-order valence-corrected chi connectivity index (χ1v) is 9.19. The first-order chi connectivity index (χ1) is 13.2. The fourth-order valence-corrected chi connectivity index (χ4v) is 2.39. The zero-order chi connectivity index (χ0) is 19.3. The van der Waals surface area contributed by atoms with Crippen molar-refractivity contribution >= 4 is 35.8 Å². The van der Waals surface area contributed by atoms with Crippen LogP contribution < -0.4 is 20.7 Å². The van der Waals surface area contributed by atoms with Crippen LogP contribution in [-0.4, -0.2) is 43.7 Å². The fourth-order valence-electron chi connectivity index (χ4n) is 2.39. The second-order valence-corrected chi connectivity index (χ2v) is 6.11. The van der Waals surface area contributed by atoms with E-state index >= 15 is 0 Å². The number of hydrogen-bond acceptors (Lipinski definition) is 4. The molecule has 0 aliphatic rings. The lowest BCUT2D eigenvalue weighted by atomic mass is 10.3. The molecule has 0 bridgehead atoms. The number of benzene rings is 1. The van der Waals surface area contributed by atoms with E-state index in [0.717, 1.165) is 37.7 Å². The smallest absolute Gasteiger partial charge is 0.191 e. The Bertz CT molecular complexity index is 685. The summed E-state index contributed by atoms with van der Waals surface area (Å²) in [7, 11) is 1.74. The normalized spacial score (nSPS) is 11.9. The molecule has 28 heavy (non-hydrogen) atoms. The zero-order valence-electron chi connectivity index (χ0n) is 16.3. The third-order valence-electron chi connectivity index (χ3n) is 3.80. The van der Waals surface area contributed by atoms with E-state index in [1.165, 1.54) is 12.1 Å². The highest BCUT2D eigenvalue weighted by atomic mass is 127. The van der Waals surface area contributed by atoms with Gasteiger partial charge in [-0.1, -0.05) is 6.07 Å². The maximum Gasteiger partial charge on any atom is 0.191 e. The van der Waals surface area contributed by atoms with Gasteiger partial charge in [-0.05, 0) is 56.2 Å². The Morgan fingerprint density at radius 3 is 2.54 bits per heavy atom. The number of aliphatic imine (C=N–C) groups is 1. The Balaban J connectivity index is 0.00000392. The van der Waals surface area contributed by atoms with Crippen LogP contribution in [0.5, 0.6) is 5.75 Å². The fraction of sp³-hybridized carbons (Fsp3) is 0.400. The predicted octanol–water partition coefficient (Wildman–Crippen LogP) is 3.66. The SMILES string of the molecule is CN=C(NCCCCNc1ccccn1)NCC(C)Oc1ccc(F)cc1.I. The van der Waals surface area contributed by atoms with Crippen LogP contribution in [0.2, 0.25) is 0 Å². The van der Waals surface area contributed by atoms with Crippen molar-refractivity contribution in [2.45, 2.75) is 25.9 Å². The topological polar surface area (TPSA) is 70.6 Å². The van der Waals surface area contributed by atoms with Crippen LogP contribution in [0, 0.1) is 5.82 Å². The van der Waals surface area contributed by atoms with Crippen molar-refractivity contribution in [2.75, 3.05) is 32.0 Å². The molecule has 8 heteroatoms. The van der Waals surface area contributed by atoms with E-state index < -0.39 is 0 Å². The van der Waals surface area contributed by atoms with E-state index in [0.29, 0.717) is 12.3 Å². The zero-order valence-corrected chi connectivity index (χ0v) is 18.7. The van der Waals surface area contributed by atoms with Gasteiger partial charge in [0.2, 0.25) is 0 Å². The number of pyridine rings is 1. The first-order valence-electron chi connectivity index (χ1n) is 9.19. The number of nitrogens with zero attached hydrogens (tertiary/aromatic N) is 2. The van der Waals surface area contributed by atoms with Crippen LogP contribution in [0.15, 0.2) is 53.7 Å². The highest BCUT2D eigenvalue weighted by molar-refractivity contribution is 14.0. The maximum atomic E-state index is 12.9. The van der Waals surface area contributed by atoms with Crippen molar-refractivity contribution in [1.29, 1.82) is 0 Å². The monoisotopic (exact) mass is 501 g/mol. The molecule has 0 amide bonds. The van der Waals surface area contributed by atoms with Gasteiger partial charge in [0.05, 0.1) is 6.54 Å². The largest absolute Gasteiger partial charge is 0.489 e. The number of anilines is 1. The standard InChI is InChI=1S/C20H28FN5O.HI/c1-16(27-18-10-8-17(21)9-11-18)15-26-20(22-2)25-14-6-5-13-24-19-7-3-4-12-23-19;/h3-4,7-12,16H,5-6,13-15H2,1-2H3,(H,23,24)(H2,22,25,26);1H. The molecule has 0 aliphatic heterocycles. The molecule has 1 unspecified atom stereocenters. The summed E-state index contributed by atoms with van der Waals surface area (Å²) in [6, 6.07) is 11.8. The lowest BCUT2D eigenvalue weighted by molar-refractivity contribution is 0.223. The second-order valence-electron chi connectivity index (χ2n) is 6.11. The van der Waals surface area contributed by atoms with Gasteiger partial charge in [-0.25, -0.2) is 9.37 Å². The molecular formula is C20H29FIN5O. The summed E-state index contributed by atoms with van der Waals surface area (Å²) in [6.45, 7) is 4.26. The summed E-state index contributed by atoms with van der Waals surface area (Å²) >= 11 is 0. The van der Waals surface area contributed by atoms with E-state index in [1.807, 2.05) is 25.1 Å². The average molecular weight is 501 g/mol. The number of ether oxygens (including phenoxy) is 1. The maximum absolute atomic E-state index is 12.9. The number of halogens is 2. The van der Waals surface area contributed by atoms with Crippen LogP contribution in [0.4, 0.5) is 10.2 Å². The van der Waals surface area contributed by atoms with Crippen molar-refractivity contribution in [2.24, 2.45) is 4.99 Å². The number of nitrogens with one attached hydrogen (secondary N) is 3. The number of rotatable bonds is 10. The summed E-state index contributed by atoms with van der Waals surface area (Å²) in [4.78, 5) is 8.43. The third kappa shape index (κ3) is 9.72. The molecule has 0 radical (unpaired) electrons. The Kier molecular flexibility index (Phi) is 11.9. The third-order valence-corrected chi connectivity index (χ3v) is 3.80. The number of unbranched alkanes of at least 4 members (excludes halogenated alkanes) is 1. The van der Waals surface area contributed by atoms with E-state index in [2.05, 4.69) is 25.9 Å². The molecule has 1 heterocycles. The molecule has 154 valence electrons. The van der Waals surface area contributed by atoms with Crippen LogP contribution in [0.1, 0.15) is 19.8 Å². The van der Waals surface area contributed by atoms with E-state index in [-0.39, 0.29) is 35.9 Å². The lowest BCUT2D eigenvalue weighted by Crippen LogP contribution is -2.42. The molecule has 0 aliphatic carbocycles. The summed E-state index contributed by atoms with van der Waals surface area (Å²) < 4.78 is 18.6. The van der Waals surface area contributed by atoms with Crippen molar-refractivity contribution in [3.05, 3.63) is 54.5 Å². The van der Waals surface area contributed by atoms with Crippen molar-refractivity contribution in [3.63, 3.8) is 0 Å². The Morgan fingerprint density at radius 1 is 1.11 bits per heavy atom. The van der Waals surface area contributed by atoms with E-state index in [4.69, 9.17) is 4.74 Å². The second kappa shape index (κ2) is 14.0. The Hall–Kier alpha value is -2.10. The average Bonchev–Trinajstić information content (AvgIpc) is 2.69. The van der Waals surface area contributed by atoms with E-state index in [9.17, 15) is 4.39 Å². The van der Waals surface area contributed by atoms with Gasteiger partial charge in [0.15, 0.2) is 5.96 Å². The van der Waals surface area contributed by atoms with Gasteiger partial charge in [0, 0.05) is 26.3 Å². The quantitative estimate of drug-likeness (QED) is 0.201. The first kappa shape index (κ1) is 23.9. The van der Waals surface area contributed by atoms with Crippen LogP contribution >= 0.6 is 24.0 Å². The van der Waals surface area contributed by atoms with Crippen LogP contribution in [0.3, 0.4) is 0 Å². The van der Waals surface area contributed by atoms with Gasteiger partial charge < -0.3 is 20.7 Å². The van der Waals surface area contributed by atoms with Crippen molar-refractivity contribution in [3.8, 4) is 5.75 Å². The summed E-state index contributed by atoms with van der Waals surface area (Å²) in [5.41, 5.74) is 0. The van der Waals surface area contributed by atoms with Gasteiger partial charge in [-0.2, -0.15) is 0 Å².